The maximum Gasteiger partial charge on any atom is 0.247 e. The molecule has 0 N–H and O–H groups in total. The third-order valence-corrected chi connectivity index (χ3v) is 5.41. The summed E-state index contributed by atoms with van der Waals surface area (Å²) in [6.07, 6.45) is 0. The van der Waals surface area contributed by atoms with Crippen molar-refractivity contribution in [1.82, 2.24) is 20.1 Å². The highest BCUT2D eigenvalue weighted by Crippen LogP contribution is 2.29. The minimum absolute atomic E-state index is 0.171. The summed E-state index contributed by atoms with van der Waals surface area (Å²) in [6.45, 7) is 2.73. The summed E-state index contributed by atoms with van der Waals surface area (Å²) in [6, 6.07) is 18.2. The molecule has 0 fully saturated rings. The number of aromatic nitrogens is 3. The fraction of sp³-hybridized carbons (Fsp3) is 0.211. The van der Waals surface area contributed by atoms with Crippen LogP contribution in [0.2, 0.25) is 0 Å². The van der Waals surface area contributed by atoms with Gasteiger partial charge in [0.2, 0.25) is 11.8 Å². The van der Waals surface area contributed by atoms with Crippen LogP contribution in [0.25, 0.3) is 21.7 Å². The van der Waals surface area contributed by atoms with Crippen LogP contribution in [0.4, 0.5) is 0 Å². The van der Waals surface area contributed by atoms with Crippen molar-refractivity contribution in [1.29, 1.82) is 0 Å². The molecular formula is C19H18N4OS. The molecule has 1 atom stereocenters. The number of para-hydroxylation sites is 1. The molecule has 4 rings (SSSR count). The molecule has 2 aromatic carbocycles. The predicted molar refractivity (Wildman–Crippen MR) is 99.2 cm³/mol. The van der Waals surface area contributed by atoms with Gasteiger partial charge in [-0.15, -0.1) is 21.5 Å². The van der Waals surface area contributed by atoms with Gasteiger partial charge in [-0.25, -0.2) is 4.98 Å². The summed E-state index contributed by atoms with van der Waals surface area (Å²) in [7, 11) is 2.04. The van der Waals surface area contributed by atoms with Crippen LogP contribution in [0.15, 0.2) is 59.0 Å². The van der Waals surface area contributed by atoms with Crippen LogP contribution in [-0.4, -0.2) is 27.1 Å². The molecule has 5 nitrogen and oxygen atoms in total. The predicted octanol–water partition coefficient (Wildman–Crippen LogP) is 4.54. The molecule has 2 aromatic heterocycles. The molecule has 4 aromatic rings. The van der Waals surface area contributed by atoms with Crippen molar-refractivity contribution in [3.05, 3.63) is 65.5 Å². The molecule has 0 amide bonds. The van der Waals surface area contributed by atoms with Crippen molar-refractivity contribution < 1.29 is 4.42 Å². The first-order chi connectivity index (χ1) is 12.2. The Morgan fingerprint density at radius 2 is 1.80 bits per heavy atom. The van der Waals surface area contributed by atoms with Gasteiger partial charge in [-0.05, 0) is 38.2 Å². The normalized spacial score (nSPS) is 12.8. The van der Waals surface area contributed by atoms with Gasteiger partial charge in [0.1, 0.15) is 5.01 Å². The molecule has 0 unspecified atom stereocenters. The number of nitrogens with zero attached hydrogens (tertiary/aromatic N) is 4. The summed E-state index contributed by atoms with van der Waals surface area (Å²) in [5.74, 6) is 1.16. The van der Waals surface area contributed by atoms with Crippen molar-refractivity contribution in [2.45, 2.75) is 19.5 Å². The van der Waals surface area contributed by atoms with E-state index in [-0.39, 0.29) is 6.04 Å². The minimum atomic E-state index is 0.171. The van der Waals surface area contributed by atoms with Crippen molar-refractivity contribution in [3.63, 3.8) is 0 Å². The van der Waals surface area contributed by atoms with E-state index in [9.17, 15) is 0 Å². The Morgan fingerprint density at radius 1 is 1.04 bits per heavy atom. The molecule has 0 aliphatic rings. The van der Waals surface area contributed by atoms with E-state index in [1.165, 1.54) is 4.70 Å². The Kier molecular flexibility index (Phi) is 4.29. The summed E-state index contributed by atoms with van der Waals surface area (Å²) in [5.41, 5.74) is 1.98. The molecule has 25 heavy (non-hydrogen) atoms. The zero-order chi connectivity index (χ0) is 17.2. The smallest absolute Gasteiger partial charge is 0.247 e. The average molecular weight is 350 g/mol. The van der Waals surface area contributed by atoms with Gasteiger partial charge in [-0.2, -0.15) is 0 Å². The third-order valence-electron chi connectivity index (χ3n) is 4.20. The first-order valence-electron chi connectivity index (χ1n) is 8.14. The van der Waals surface area contributed by atoms with Gasteiger partial charge in [-0.1, -0.05) is 30.3 Å². The van der Waals surface area contributed by atoms with E-state index in [2.05, 4.69) is 28.1 Å². The maximum absolute atomic E-state index is 5.80. The van der Waals surface area contributed by atoms with Crippen LogP contribution in [0.1, 0.15) is 23.9 Å². The largest absolute Gasteiger partial charge is 0.419 e. The van der Waals surface area contributed by atoms with Gasteiger partial charge in [0.05, 0.1) is 22.8 Å². The monoisotopic (exact) mass is 350 g/mol. The van der Waals surface area contributed by atoms with Crippen LogP contribution in [0, 0.1) is 0 Å². The SMILES string of the molecule is C[C@@H](c1nc2ccccc2s1)N(C)Cc1nnc(-c2ccccc2)o1. The lowest BCUT2D eigenvalue weighted by Crippen LogP contribution is -2.22. The van der Waals surface area contributed by atoms with Crippen LogP contribution >= 0.6 is 11.3 Å². The Morgan fingerprint density at radius 3 is 2.60 bits per heavy atom. The molecule has 0 saturated carbocycles. The van der Waals surface area contributed by atoms with Gasteiger partial charge < -0.3 is 4.42 Å². The van der Waals surface area contributed by atoms with Crippen LogP contribution in [-0.2, 0) is 6.54 Å². The second-order valence-electron chi connectivity index (χ2n) is 5.98. The van der Waals surface area contributed by atoms with Crippen molar-refractivity contribution in [2.24, 2.45) is 0 Å². The fourth-order valence-corrected chi connectivity index (χ4v) is 3.71. The Bertz CT molecular complexity index is 946. The molecule has 0 saturated heterocycles. The molecule has 0 aliphatic heterocycles. The van der Waals surface area contributed by atoms with Crippen molar-refractivity contribution >= 4 is 21.6 Å². The van der Waals surface area contributed by atoms with E-state index in [0.717, 1.165) is 16.1 Å². The standard InChI is InChI=1S/C19H18N4OS/c1-13(19-20-15-10-6-7-11-16(15)25-19)23(2)12-17-21-22-18(24-17)14-8-4-3-5-9-14/h3-11,13H,12H2,1-2H3/t13-/m0/s1. The van der Waals surface area contributed by atoms with E-state index >= 15 is 0 Å². The zero-order valence-corrected chi connectivity index (χ0v) is 14.9. The lowest BCUT2D eigenvalue weighted by atomic mass is 10.2. The zero-order valence-electron chi connectivity index (χ0n) is 14.1. The van der Waals surface area contributed by atoms with Crippen molar-refractivity contribution in [2.75, 3.05) is 7.05 Å². The minimum Gasteiger partial charge on any atom is -0.419 e. The summed E-state index contributed by atoms with van der Waals surface area (Å²) >= 11 is 1.73. The summed E-state index contributed by atoms with van der Waals surface area (Å²) in [4.78, 5) is 6.91. The quantitative estimate of drug-likeness (QED) is 0.529. The van der Waals surface area contributed by atoms with Gasteiger partial charge in [0.25, 0.3) is 0 Å². The fourth-order valence-electron chi connectivity index (χ4n) is 2.62. The van der Waals surface area contributed by atoms with E-state index in [0.29, 0.717) is 18.3 Å². The summed E-state index contributed by atoms with van der Waals surface area (Å²) < 4.78 is 7.01. The molecule has 0 bridgehead atoms. The molecule has 0 aliphatic carbocycles. The van der Waals surface area contributed by atoms with E-state index in [1.807, 2.05) is 55.6 Å². The highest BCUT2D eigenvalue weighted by Gasteiger charge is 2.19. The van der Waals surface area contributed by atoms with Gasteiger partial charge in [-0.3, -0.25) is 4.90 Å². The molecule has 2 heterocycles. The van der Waals surface area contributed by atoms with Gasteiger partial charge in [0.15, 0.2) is 0 Å². The van der Waals surface area contributed by atoms with Gasteiger partial charge >= 0.3 is 0 Å². The van der Waals surface area contributed by atoms with E-state index in [1.54, 1.807) is 11.3 Å². The highest BCUT2D eigenvalue weighted by molar-refractivity contribution is 7.18. The topological polar surface area (TPSA) is 55.1 Å². The van der Waals surface area contributed by atoms with E-state index < -0.39 is 0 Å². The number of thiazole rings is 1. The van der Waals surface area contributed by atoms with Crippen LogP contribution < -0.4 is 0 Å². The molecular weight excluding hydrogens is 332 g/mol. The molecule has 0 spiro atoms. The number of fused-ring (bicyclic) bond motifs is 1. The second kappa shape index (κ2) is 6.74. The first-order valence-corrected chi connectivity index (χ1v) is 8.96. The maximum atomic E-state index is 5.80. The molecule has 126 valence electrons. The Balaban J connectivity index is 1.49. The Labute approximate surface area is 150 Å². The van der Waals surface area contributed by atoms with E-state index in [4.69, 9.17) is 9.40 Å². The average Bonchev–Trinajstić information content (AvgIpc) is 3.28. The number of hydrogen-bond donors (Lipinski definition) is 0. The molecule has 0 radical (unpaired) electrons. The van der Waals surface area contributed by atoms with Gasteiger partial charge in [0, 0.05) is 5.56 Å². The lowest BCUT2D eigenvalue weighted by Gasteiger charge is -2.20. The van der Waals surface area contributed by atoms with Crippen LogP contribution in [0.5, 0.6) is 0 Å². The van der Waals surface area contributed by atoms with Crippen LogP contribution in [0.3, 0.4) is 0 Å². The summed E-state index contributed by atoms with van der Waals surface area (Å²) in [5, 5.41) is 9.42. The number of benzene rings is 2. The third kappa shape index (κ3) is 3.31. The number of hydrogen-bond acceptors (Lipinski definition) is 6. The Hall–Kier alpha value is -2.57. The van der Waals surface area contributed by atoms with Crippen molar-refractivity contribution in [3.8, 4) is 11.5 Å². The molecule has 6 heteroatoms. The first kappa shape index (κ1) is 15.9. The lowest BCUT2D eigenvalue weighted by molar-refractivity contribution is 0.228. The highest BCUT2D eigenvalue weighted by atomic mass is 32.1. The second-order valence-corrected chi connectivity index (χ2v) is 7.04. The number of rotatable bonds is 5.